The van der Waals surface area contributed by atoms with Crippen molar-refractivity contribution in [1.82, 2.24) is 14.8 Å². The molecule has 0 bridgehead atoms. The Labute approximate surface area is 177 Å². The highest BCUT2D eigenvalue weighted by atomic mass is 16.5. The Morgan fingerprint density at radius 1 is 1.06 bits per heavy atom. The minimum atomic E-state index is -0.391. The molecule has 0 radical (unpaired) electrons. The maximum absolute atomic E-state index is 12.7. The third-order valence-corrected chi connectivity index (χ3v) is 5.22. The molecule has 0 aliphatic heterocycles. The average Bonchev–Trinajstić information content (AvgIpc) is 3.24. The first-order chi connectivity index (χ1) is 15.1. The molecule has 31 heavy (non-hydrogen) atoms. The van der Waals surface area contributed by atoms with Gasteiger partial charge in [-0.1, -0.05) is 42.5 Å². The summed E-state index contributed by atoms with van der Waals surface area (Å²) in [6.45, 7) is 2.10. The zero-order valence-electron chi connectivity index (χ0n) is 16.8. The van der Waals surface area contributed by atoms with Gasteiger partial charge in [-0.05, 0) is 42.1 Å². The Hall–Kier alpha value is -4.19. The van der Waals surface area contributed by atoms with E-state index in [-0.39, 0.29) is 5.56 Å². The van der Waals surface area contributed by atoms with E-state index in [9.17, 15) is 9.59 Å². The van der Waals surface area contributed by atoms with Gasteiger partial charge in [0, 0.05) is 33.9 Å². The summed E-state index contributed by atoms with van der Waals surface area (Å²) >= 11 is 0. The number of esters is 1. The quantitative estimate of drug-likeness (QED) is 0.348. The number of rotatable bonds is 4. The SMILES string of the molecule is CCOC(=O)/C=C/c1ccc2[nH]c(=O)c3nn(-c4cccc5ccccc45)cc3c2c1. The number of fused-ring (bicyclic) bond motifs is 4. The second-order valence-electron chi connectivity index (χ2n) is 7.18. The highest BCUT2D eigenvalue weighted by molar-refractivity contribution is 6.05. The number of nitrogens with zero attached hydrogens (tertiary/aromatic N) is 2. The van der Waals surface area contributed by atoms with Crippen molar-refractivity contribution in [2.45, 2.75) is 6.92 Å². The zero-order valence-corrected chi connectivity index (χ0v) is 16.8. The number of H-pyrrole nitrogens is 1. The fourth-order valence-corrected chi connectivity index (χ4v) is 3.80. The van der Waals surface area contributed by atoms with Crippen LogP contribution in [0.2, 0.25) is 0 Å². The summed E-state index contributed by atoms with van der Waals surface area (Å²) in [7, 11) is 0. The average molecular weight is 409 g/mol. The van der Waals surface area contributed by atoms with E-state index in [2.05, 4.69) is 10.1 Å². The van der Waals surface area contributed by atoms with Crippen LogP contribution in [0.4, 0.5) is 0 Å². The minimum absolute atomic E-state index is 0.240. The molecule has 152 valence electrons. The Morgan fingerprint density at radius 2 is 1.90 bits per heavy atom. The van der Waals surface area contributed by atoms with Crippen molar-refractivity contribution in [3.8, 4) is 5.69 Å². The zero-order chi connectivity index (χ0) is 21.4. The third-order valence-electron chi connectivity index (χ3n) is 5.22. The van der Waals surface area contributed by atoms with Crippen LogP contribution in [0.3, 0.4) is 0 Å². The van der Waals surface area contributed by atoms with Gasteiger partial charge >= 0.3 is 5.97 Å². The van der Waals surface area contributed by atoms with Gasteiger partial charge < -0.3 is 9.72 Å². The van der Waals surface area contributed by atoms with E-state index in [1.54, 1.807) is 17.7 Å². The van der Waals surface area contributed by atoms with Crippen LogP contribution in [0.1, 0.15) is 12.5 Å². The molecule has 0 fully saturated rings. The first-order valence-corrected chi connectivity index (χ1v) is 10.0. The van der Waals surface area contributed by atoms with Crippen molar-refractivity contribution in [2.75, 3.05) is 6.61 Å². The smallest absolute Gasteiger partial charge is 0.330 e. The van der Waals surface area contributed by atoms with E-state index in [0.29, 0.717) is 17.6 Å². The van der Waals surface area contributed by atoms with E-state index < -0.39 is 5.97 Å². The normalized spacial score (nSPS) is 11.6. The van der Waals surface area contributed by atoms with E-state index in [1.807, 2.05) is 66.9 Å². The van der Waals surface area contributed by atoms with E-state index in [1.165, 1.54) is 6.08 Å². The molecule has 0 spiro atoms. The molecule has 0 aliphatic rings. The largest absolute Gasteiger partial charge is 0.463 e. The third kappa shape index (κ3) is 3.38. The summed E-state index contributed by atoms with van der Waals surface area (Å²) in [5, 5.41) is 8.35. The summed E-state index contributed by atoms with van der Waals surface area (Å²) in [6, 6.07) is 19.7. The van der Waals surface area contributed by atoms with Crippen LogP contribution in [0.15, 0.2) is 77.7 Å². The van der Waals surface area contributed by atoms with Crippen molar-refractivity contribution >= 4 is 44.6 Å². The van der Waals surface area contributed by atoms with Gasteiger partial charge in [0.25, 0.3) is 5.56 Å². The van der Waals surface area contributed by atoms with Gasteiger partial charge in [0.05, 0.1) is 12.3 Å². The molecule has 0 aliphatic carbocycles. The number of aromatic nitrogens is 3. The van der Waals surface area contributed by atoms with Crippen LogP contribution in [0, 0.1) is 0 Å². The van der Waals surface area contributed by atoms with E-state index in [4.69, 9.17) is 4.74 Å². The minimum Gasteiger partial charge on any atom is -0.463 e. The fraction of sp³-hybridized carbons (Fsp3) is 0.0800. The van der Waals surface area contributed by atoms with Crippen LogP contribution in [-0.4, -0.2) is 27.3 Å². The number of benzene rings is 3. The number of carbonyl (C=O) groups is 1. The van der Waals surface area contributed by atoms with Gasteiger partial charge in [0.2, 0.25) is 0 Å². The second-order valence-corrected chi connectivity index (χ2v) is 7.18. The second kappa shape index (κ2) is 7.57. The van der Waals surface area contributed by atoms with Crippen LogP contribution in [0.25, 0.3) is 44.3 Å². The Morgan fingerprint density at radius 3 is 2.77 bits per heavy atom. The van der Waals surface area contributed by atoms with Crippen LogP contribution < -0.4 is 5.56 Å². The molecule has 1 N–H and O–H groups in total. The monoisotopic (exact) mass is 409 g/mol. The van der Waals surface area contributed by atoms with Gasteiger partial charge in [0.1, 0.15) is 0 Å². The lowest BCUT2D eigenvalue weighted by molar-refractivity contribution is -0.137. The van der Waals surface area contributed by atoms with Gasteiger partial charge in [-0.25, -0.2) is 9.48 Å². The predicted octanol–water partition coefficient (Wildman–Crippen LogP) is 4.60. The number of hydrogen-bond donors (Lipinski definition) is 1. The van der Waals surface area contributed by atoms with Gasteiger partial charge in [-0.3, -0.25) is 4.79 Å². The molecular formula is C25H19N3O3. The lowest BCUT2D eigenvalue weighted by Crippen LogP contribution is -2.07. The van der Waals surface area contributed by atoms with Crippen molar-refractivity contribution in [3.05, 3.63) is 88.9 Å². The first kappa shape index (κ1) is 18.8. The van der Waals surface area contributed by atoms with Crippen LogP contribution in [0.5, 0.6) is 0 Å². The van der Waals surface area contributed by atoms with E-state index in [0.717, 1.165) is 32.8 Å². The van der Waals surface area contributed by atoms with Crippen LogP contribution >= 0.6 is 0 Å². The molecule has 0 saturated carbocycles. The van der Waals surface area contributed by atoms with Crippen molar-refractivity contribution in [3.63, 3.8) is 0 Å². The summed E-state index contributed by atoms with van der Waals surface area (Å²) in [5.41, 5.74) is 2.57. The number of nitrogens with one attached hydrogen (secondary N) is 1. The fourth-order valence-electron chi connectivity index (χ4n) is 3.80. The molecule has 0 unspecified atom stereocenters. The standard InChI is InChI=1S/C25H19N3O3/c1-2-31-23(29)13-11-16-10-12-21-19(14-16)20-15-28(27-24(20)25(30)26-21)22-9-5-7-17-6-3-4-8-18(17)22/h3-15H,2H2,1H3,(H,26,30)/b13-11+. The topological polar surface area (TPSA) is 77.0 Å². The molecular weight excluding hydrogens is 390 g/mol. The molecule has 5 aromatic rings. The van der Waals surface area contributed by atoms with Gasteiger partial charge in [-0.2, -0.15) is 5.10 Å². The number of pyridine rings is 1. The lowest BCUT2D eigenvalue weighted by atomic mass is 10.1. The highest BCUT2D eigenvalue weighted by Crippen LogP contribution is 2.26. The summed E-state index contributed by atoms with van der Waals surface area (Å²) in [5.74, 6) is -0.391. The van der Waals surface area contributed by atoms with E-state index >= 15 is 0 Å². The summed E-state index contributed by atoms with van der Waals surface area (Å²) in [6.07, 6.45) is 4.98. The molecule has 2 aromatic heterocycles. The molecule has 3 aromatic carbocycles. The van der Waals surface area contributed by atoms with Gasteiger partial charge in [-0.15, -0.1) is 0 Å². The molecule has 6 nitrogen and oxygen atoms in total. The highest BCUT2D eigenvalue weighted by Gasteiger charge is 2.12. The number of carbonyl (C=O) groups excluding carboxylic acids is 1. The molecule has 0 atom stereocenters. The van der Waals surface area contributed by atoms with Crippen molar-refractivity contribution in [1.29, 1.82) is 0 Å². The maximum atomic E-state index is 12.7. The molecule has 5 rings (SSSR count). The van der Waals surface area contributed by atoms with Crippen molar-refractivity contribution < 1.29 is 9.53 Å². The summed E-state index contributed by atoms with van der Waals surface area (Å²) in [4.78, 5) is 27.2. The maximum Gasteiger partial charge on any atom is 0.330 e. The van der Waals surface area contributed by atoms with Gasteiger partial charge in [0.15, 0.2) is 5.52 Å². The molecule has 6 heteroatoms. The predicted molar refractivity (Wildman–Crippen MR) is 122 cm³/mol. The molecule has 0 saturated heterocycles. The Balaban J connectivity index is 1.69. The Bertz CT molecular complexity index is 1540. The summed E-state index contributed by atoms with van der Waals surface area (Å²) < 4.78 is 6.69. The first-order valence-electron chi connectivity index (χ1n) is 10.0. The number of hydrogen-bond acceptors (Lipinski definition) is 4. The van der Waals surface area contributed by atoms with Crippen molar-refractivity contribution in [2.24, 2.45) is 0 Å². The molecule has 0 amide bonds. The number of ether oxygens (including phenoxy) is 1. The lowest BCUT2D eigenvalue weighted by Gasteiger charge is -2.05. The van der Waals surface area contributed by atoms with Crippen LogP contribution in [-0.2, 0) is 9.53 Å². The Kier molecular flexibility index (Phi) is 4.59. The number of aromatic amines is 1. The molecule has 2 heterocycles.